The van der Waals surface area contributed by atoms with Gasteiger partial charge >= 0.3 is 0 Å². The van der Waals surface area contributed by atoms with Gasteiger partial charge in [0.05, 0.1) is 17.3 Å². The number of furan rings is 1. The third-order valence-electron chi connectivity index (χ3n) is 5.67. The molecule has 0 amide bonds. The van der Waals surface area contributed by atoms with Crippen LogP contribution in [-0.2, 0) is 0 Å². The summed E-state index contributed by atoms with van der Waals surface area (Å²) in [7, 11) is 1.58. The van der Waals surface area contributed by atoms with Crippen molar-refractivity contribution in [3.8, 4) is 5.75 Å². The fourth-order valence-electron chi connectivity index (χ4n) is 4.04. The molecule has 0 aliphatic heterocycles. The molecule has 0 spiro atoms. The van der Waals surface area contributed by atoms with Crippen molar-refractivity contribution in [1.29, 1.82) is 0 Å². The van der Waals surface area contributed by atoms with E-state index in [1.165, 1.54) is 0 Å². The summed E-state index contributed by atoms with van der Waals surface area (Å²) in [6, 6.07) is 26.8. The quantitative estimate of drug-likeness (QED) is 0.201. The number of carbonyl (C=O) groups excluding carboxylic acids is 1. The maximum atomic E-state index is 13.5. The number of hydrogen-bond acceptors (Lipinski definition) is 5. The van der Waals surface area contributed by atoms with E-state index in [0.717, 1.165) is 21.7 Å². The molecule has 6 heteroatoms. The predicted molar refractivity (Wildman–Crippen MR) is 135 cm³/mol. The van der Waals surface area contributed by atoms with E-state index < -0.39 is 6.17 Å². The number of carbonyl (C=O) groups is 1. The first kappa shape index (κ1) is 21.2. The molecule has 0 saturated heterocycles. The summed E-state index contributed by atoms with van der Waals surface area (Å²) in [6.07, 6.45) is -0.550. The van der Waals surface area contributed by atoms with Crippen LogP contribution in [0.2, 0.25) is 0 Å². The minimum atomic E-state index is -0.550. The molecular weight excluding hydrogens is 480 g/mol. The summed E-state index contributed by atoms with van der Waals surface area (Å²) in [5.41, 5.74) is 9.22. The Morgan fingerprint density at radius 2 is 1.70 bits per heavy atom. The SMILES string of the molecule is COc1ccc(C(=O)c2oc3ccccc3c2NC(N)c2cccc3ccccc23)cc1Br. The molecule has 3 N–H and O–H groups in total. The smallest absolute Gasteiger partial charge is 0.230 e. The molecular formula is C27H21BrN2O3. The van der Waals surface area contributed by atoms with E-state index in [-0.39, 0.29) is 11.5 Å². The number of halogens is 1. The lowest BCUT2D eigenvalue weighted by Gasteiger charge is -2.18. The summed E-state index contributed by atoms with van der Waals surface area (Å²) in [5.74, 6) is 0.610. The molecule has 5 aromatic rings. The van der Waals surface area contributed by atoms with Gasteiger partial charge in [0.25, 0.3) is 0 Å². The van der Waals surface area contributed by atoms with Gasteiger partial charge in [-0.3, -0.25) is 4.79 Å². The van der Waals surface area contributed by atoms with Crippen molar-refractivity contribution < 1.29 is 13.9 Å². The Kier molecular flexibility index (Phi) is 5.62. The highest BCUT2D eigenvalue weighted by molar-refractivity contribution is 9.10. The zero-order valence-electron chi connectivity index (χ0n) is 17.8. The van der Waals surface area contributed by atoms with Gasteiger partial charge in [-0.15, -0.1) is 0 Å². The van der Waals surface area contributed by atoms with E-state index in [1.54, 1.807) is 25.3 Å². The highest BCUT2D eigenvalue weighted by atomic mass is 79.9. The summed E-state index contributed by atoms with van der Waals surface area (Å²) in [5, 5.41) is 6.31. The van der Waals surface area contributed by atoms with Gasteiger partial charge in [-0.1, -0.05) is 54.6 Å². The largest absolute Gasteiger partial charge is 0.496 e. The molecule has 0 radical (unpaired) electrons. The molecule has 0 aliphatic carbocycles. The van der Waals surface area contributed by atoms with Crippen LogP contribution >= 0.6 is 15.9 Å². The van der Waals surface area contributed by atoms with Crippen molar-refractivity contribution in [3.05, 3.63) is 106 Å². The molecule has 0 bridgehead atoms. The van der Waals surface area contributed by atoms with Gasteiger partial charge in [-0.05, 0) is 62.6 Å². The lowest BCUT2D eigenvalue weighted by atomic mass is 10.0. The molecule has 1 unspecified atom stereocenters. The van der Waals surface area contributed by atoms with Gasteiger partial charge in [-0.25, -0.2) is 0 Å². The minimum Gasteiger partial charge on any atom is -0.496 e. The van der Waals surface area contributed by atoms with E-state index in [4.69, 9.17) is 14.9 Å². The number of hydrogen-bond donors (Lipinski definition) is 2. The standard InChI is InChI=1S/C27H21BrN2O3/c1-32-23-14-13-17(15-21(23)28)25(31)26-24(20-10-4-5-12-22(20)33-26)30-27(29)19-11-6-8-16-7-2-3-9-18(16)19/h2-15,27,30H,29H2,1H3. The number of nitrogens with two attached hydrogens (primary N) is 1. The normalized spacial score (nSPS) is 12.1. The van der Waals surface area contributed by atoms with Crippen LogP contribution in [0.3, 0.4) is 0 Å². The zero-order valence-corrected chi connectivity index (χ0v) is 19.4. The lowest BCUT2D eigenvalue weighted by molar-refractivity contribution is 0.101. The van der Waals surface area contributed by atoms with Crippen LogP contribution in [0.4, 0.5) is 5.69 Å². The zero-order chi connectivity index (χ0) is 22.9. The summed E-state index contributed by atoms with van der Waals surface area (Å²) < 4.78 is 12.0. The predicted octanol–water partition coefficient (Wildman–Crippen LogP) is 6.66. The van der Waals surface area contributed by atoms with Crippen molar-refractivity contribution in [2.75, 3.05) is 12.4 Å². The van der Waals surface area contributed by atoms with Crippen LogP contribution in [0.1, 0.15) is 27.8 Å². The Hall–Kier alpha value is -3.61. The highest BCUT2D eigenvalue weighted by Crippen LogP contribution is 2.36. The molecule has 5 rings (SSSR count). The van der Waals surface area contributed by atoms with Crippen LogP contribution in [0.15, 0.2) is 93.8 Å². The van der Waals surface area contributed by atoms with Gasteiger partial charge in [0.1, 0.15) is 17.5 Å². The van der Waals surface area contributed by atoms with Crippen molar-refractivity contribution >= 4 is 49.1 Å². The van der Waals surface area contributed by atoms with Crippen LogP contribution in [0.5, 0.6) is 5.75 Å². The summed E-state index contributed by atoms with van der Waals surface area (Å²) in [4.78, 5) is 13.5. The van der Waals surface area contributed by atoms with Gasteiger partial charge in [0.2, 0.25) is 5.78 Å². The fraction of sp³-hybridized carbons (Fsp3) is 0.0741. The second-order valence-corrected chi connectivity index (χ2v) is 8.53. The average molecular weight is 501 g/mol. The average Bonchev–Trinajstić information content (AvgIpc) is 3.21. The Morgan fingerprint density at radius 1 is 0.970 bits per heavy atom. The van der Waals surface area contributed by atoms with Gasteiger partial charge < -0.3 is 20.2 Å². The first-order valence-corrected chi connectivity index (χ1v) is 11.3. The van der Waals surface area contributed by atoms with Crippen molar-refractivity contribution in [2.45, 2.75) is 6.17 Å². The molecule has 164 valence electrons. The lowest BCUT2D eigenvalue weighted by Crippen LogP contribution is -2.21. The van der Waals surface area contributed by atoms with E-state index in [2.05, 4.69) is 33.4 Å². The van der Waals surface area contributed by atoms with Crippen molar-refractivity contribution in [1.82, 2.24) is 0 Å². The Morgan fingerprint density at radius 3 is 2.48 bits per heavy atom. The van der Waals surface area contributed by atoms with Gasteiger partial charge in [0, 0.05) is 10.9 Å². The Labute approximate surface area is 199 Å². The summed E-state index contributed by atoms with van der Waals surface area (Å²) >= 11 is 3.45. The fourth-order valence-corrected chi connectivity index (χ4v) is 4.58. The maximum Gasteiger partial charge on any atom is 0.230 e. The topological polar surface area (TPSA) is 77.5 Å². The number of para-hydroxylation sites is 1. The molecule has 1 atom stereocenters. The number of methoxy groups -OCH3 is 1. The number of anilines is 1. The third kappa shape index (κ3) is 3.88. The number of fused-ring (bicyclic) bond motifs is 2. The summed E-state index contributed by atoms with van der Waals surface area (Å²) in [6.45, 7) is 0. The number of ketones is 1. The Bertz CT molecular complexity index is 1490. The second-order valence-electron chi connectivity index (χ2n) is 7.67. The molecule has 0 fully saturated rings. The molecule has 5 nitrogen and oxygen atoms in total. The molecule has 4 aromatic carbocycles. The monoisotopic (exact) mass is 500 g/mol. The number of rotatable bonds is 6. The van der Waals surface area contributed by atoms with E-state index in [0.29, 0.717) is 27.1 Å². The van der Waals surface area contributed by atoms with Crippen LogP contribution in [-0.4, -0.2) is 12.9 Å². The van der Waals surface area contributed by atoms with Crippen molar-refractivity contribution in [3.63, 3.8) is 0 Å². The van der Waals surface area contributed by atoms with Crippen LogP contribution in [0.25, 0.3) is 21.7 Å². The molecule has 0 aliphatic rings. The molecule has 33 heavy (non-hydrogen) atoms. The van der Waals surface area contributed by atoms with E-state index >= 15 is 0 Å². The second kappa shape index (κ2) is 8.73. The molecule has 1 heterocycles. The Balaban J connectivity index is 1.59. The van der Waals surface area contributed by atoms with E-state index in [1.807, 2.05) is 54.6 Å². The van der Waals surface area contributed by atoms with Crippen LogP contribution < -0.4 is 15.8 Å². The maximum absolute atomic E-state index is 13.5. The number of benzene rings is 4. The number of ether oxygens (including phenoxy) is 1. The third-order valence-corrected chi connectivity index (χ3v) is 6.29. The number of nitrogens with one attached hydrogen (secondary N) is 1. The molecule has 0 saturated carbocycles. The first-order chi connectivity index (χ1) is 16.1. The van der Waals surface area contributed by atoms with Gasteiger partial charge in [0.15, 0.2) is 5.76 Å². The van der Waals surface area contributed by atoms with Crippen LogP contribution in [0, 0.1) is 0 Å². The highest BCUT2D eigenvalue weighted by Gasteiger charge is 2.24. The first-order valence-electron chi connectivity index (χ1n) is 10.5. The van der Waals surface area contributed by atoms with E-state index in [9.17, 15) is 4.79 Å². The van der Waals surface area contributed by atoms with Crippen molar-refractivity contribution in [2.24, 2.45) is 5.73 Å². The van der Waals surface area contributed by atoms with Gasteiger partial charge in [-0.2, -0.15) is 0 Å². The molecule has 1 aromatic heterocycles. The minimum absolute atomic E-state index is 0.212.